The third-order valence-corrected chi connectivity index (χ3v) is 4.85. The molecule has 0 saturated carbocycles. The highest BCUT2D eigenvalue weighted by atomic mass is 35.5. The molecular formula is C17H18ClFN6. The number of benzene rings is 1. The Morgan fingerprint density at radius 1 is 1.12 bits per heavy atom. The number of nitrogens with zero attached hydrogens (tertiary/aromatic N) is 6. The van der Waals surface area contributed by atoms with E-state index in [-0.39, 0.29) is 0 Å². The number of halogens is 2. The molecule has 8 heteroatoms. The summed E-state index contributed by atoms with van der Waals surface area (Å²) in [6.45, 7) is 4.07. The zero-order valence-electron chi connectivity index (χ0n) is 13.9. The molecule has 1 aliphatic heterocycles. The van der Waals surface area contributed by atoms with Gasteiger partial charge in [0.15, 0.2) is 5.82 Å². The summed E-state index contributed by atoms with van der Waals surface area (Å²) >= 11 is 6.38. The van der Waals surface area contributed by atoms with Crippen molar-refractivity contribution in [2.75, 3.05) is 31.1 Å². The lowest BCUT2D eigenvalue weighted by Crippen LogP contribution is -2.46. The number of hydrogen-bond donors (Lipinski definition) is 0. The van der Waals surface area contributed by atoms with Crippen molar-refractivity contribution in [3.05, 3.63) is 47.1 Å². The molecule has 0 radical (unpaired) electrons. The van der Waals surface area contributed by atoms with Gasteiger partial charge in [0.1, 0.15) is 0 Å². The predicted molar refractivity (Wildman–Crippen MR) is 95.2 cm³/mol. The van der Waals surface area contributed by atoms with Gasteiger partial charge >= 0.3 is 0 Å². The van der Waals surface area contributed by atoms with E-state index in [1.807, 2.05) is 29.9 Å². The minimum absolute atomic E-state index is 0.415. The molecule has 1 aromatic carbocycles. The predicted octanol–water partition coefficient (Wildman–Crippen LogP) is 2.48. The highest BCUT2D eigenvalue weighted by Gasteiger charge is 2.21. The van der Waals surface area contributed by atoms with Gasteiger partial charge in [-0.2, -0.15) is 5.10 Å². The normalized spacial score (nSPS) is 15.9. The Morgan fingerprint density at radius 2 is 1.84 bits per heavy atom. The van der Waals surface area contributed by atoms with Crippen LogP contribution in [0.25, 0.3) is 10.9 Å². The van der Waals surface area contributed by atoms with Crippen molar-refractivity contribution < 1.29 is 4.39 Å². The van der Waals surface area contributed by atoms with Gasteiger partial charge in [-0.3, -0.25) is 9.58 Å². The summed E-state index contributed by atoms with van der Waals surface area (Å²) in [5, 5.41) is 6.40. The summed E-state index contributed by atoms with van der Waals surface area (Å²) in [5.41, 5.74) is 2.04. The molecule has 0 bridgehead atoms. The molecular weight excluding hydrogens is 343 g/mol. The van der Waals surface area contributed by atoms with E-state index in [0.29, 0.717) is 5.95 Å². The van der Waals surface area contributed by atoms with E-state index in [2.05, 4.69) is 24.9 Å². The zero-order valence-corrected chi connectivity index (χ0v) is 14.6. The molecule has 6 nitrogen and oxygen atoms in total. The van der Waals surface area contributed by atoms with Crippen LogP contribution in [-0.2, 0) is 13.6 Å². The molecule has 0 N–H and O–H groups in total. The number of rotatable bonds is 3. The van der Waals surface area contributed by atoms with Crippen molar-refractivity contribution in [3.63, 3.8) is 0 Å². The largest absolute Gasteiger partial charge is 0.338 e. The lowest BCUT2D eigenvalue weighted by atomic mass is 10.2. The third-order valence-electron chi connectivity index (χ3n) is 4.53. The molecule has 1 fully saturated rings. The lowest BCUT2D eigenvalue weighted by Gasteiger charge is -2.34. The van der Waals surface area contributed by atoms with Crippen LogP contribution in [0.2, 0.25) is 5.02 Å². The second-order valence-electron chi connectivity index (χ2n) is 6.17. The smallest absolute Gasteiger partial charge is 0.225 e. The Labute approximate surface area is 149 Å². The third kappa shape index (κ3) is 3.17. The van der Waals surface area contributed by atoms with E-state index in [4.69, 9.17) is 11.6 Å². The van der Waals surface area contributed by atoms with Crippen LogP contribution >= 0.6 is 11.6 Å². The first-order valence-electron chi connectivity index (χ1n) is 8.17. The molecule has 25 heavy (non-hydrogen) atoms. The van der Waals surface area contributed by atoms with Crippen molar-refractivity contribution in [3.8, 4) is 0 Å². The molecule has 3 aromatic rings. The quantitative estimate of drug-likeness (QED) is 0.718. The molecule has 0 unspecified atom stereocenters. The number of fused-ring (bicyclic) bond motifs is 1. The first-order chi connectivity index (χ1) is 12.1. The second-order valence-corrected chi connectivity index (χ2v) is 6.58. The lowest BCUT2D eigenvalue weighted by molar-refractivity contribution is 0.246. The van der Waals surface area contributed by atoms with E-state index < -0.39 is 5.82 Å². The monoisotopic (exact) mass is 360 g/mol. The van der Waals surface area contributed by atoms with Crippen LogP contribution in [-0.4, -0.2) is 50.8 Å². The summed E-state index contributed by atoms with van der Waals surface area (Å²) in [6, 6.07) is 5.87. The Morgan fingerprint density at radius 3 is 2.56 bits per heavy atom. The van der Waals surface area contributed by atoms with Gasteiger partial charge in [-0.25, -0.2) is 14.4 Å². The van der Waals surface area contributed by atoms with Crippen LogP contribution in [0.4, 0.5) is 10.3 Å². The summed E-state index contributed by atoms with van der Waals surface area (Å²) in [4.78, 5) is 12.5. The van der Waals surface area contributed by atoms with E-state index in [9.17, 15) is 4.39 Å². The second kappa shape index (κ2) is 6.57. The van der Waals surface area contributed by atoms with Gasteiger partial charge in [-0.05, 0) is 12.1 Å². The average molecular weight is 361 g/mol. The Bertz CT molecular complexity index is 886. The Kier molecular flexibility index (Phi) is 4.27. The number of hydrogen-bond acceptors (Lipinski definition) is 5. The van der Waals surface area contributed by atoms with Gasteiger partial charge in [0, 0.05) is 45.2 Å². The number of anilines is 1. The van der Waals surface area contributed by atoms with Gasteiger partial charge < -0.3 is 4.90 Å². The molecule has 0 amide bonds. The van der Waals surface area contributed by atoms with Crippen LogP contribution in [0.1, 0.15) is 5.69 Å². The van der Waals surface area contributed by atoms with E-state index >= 15 is 0 Å². The van der Waals surface area contributed by atoms with Crippen LogP contribution in [0.5, 0.6) is 0 Å². The maximum absolute atomic E-state index is 12.9. The van der Waals surface area contributed by atoms with Crippen molar-refractivity contribution in [2.24, 2.45) is 7.05 Å². The van der Waals surface area contributed by atoms with E-state index in [1.165, 1.54) is 12.4 Å². The molecule has 2 aromatic heterocycles. The first kappa shape index (κ1) is 16.2. The molecule has 1 aliphatic rings. The van der Waals surface area contributed by atoms with Crippen LogP contribution in [0.15, 0.2) is 30.6 Å². The molecule has 130 valence electrons. The average Bonchev–Trinajstić information content (AvgIpc) is 2.94. The first-order valence-corrected chi connectivity index (χ1v) is 8.54. The van der Waals surface area contributed by atoms with Gasteiger partial charge in [0.2, 0.25) is 5.95 Å². The van der Waals surface area contributed by atoms with E-state index in [1.54, 1.807) is 0 Å². The molecule has 4 rings (SSSR count). The van der Waals surface area contributed by atoms with Crippen molar-refractivity contribution in [1.82, 2.24) is 24.6 Å². The van der Waals surface area contributed by atoms with Crippen molar-refractivity contribution in [1.29, 1.82) is 0 Å². The Hall–Kier alpha value is -2.25. The van der Waals surface area contributed by atoms with Gasteiger partial charge in [0.05, 0.1) is 28.6 Å². The summed E-state index contributed by atoms with van der Waals surface area (Å²) in [5.74, 6) is 0.161. The minimum atomic E-state index is -0.415. The number of aromatic nitrogens is 4. The maximum Gasteiger partial charge on any atom is 0.225 e. The van der Waals surface area contributed by atoms with Gasteiger partial charge in [-0.1, -0.05) is 17.7 Å². The Balaban J connectivity index is 1.46. The summed E-state index contributed by atoms with van der Waals surface area (Å²) in [6.07, 6.45) is 2.41. The van der Waals surface area contributed by atoms with Crippen molar-refractivity contribution >= 4 is 28.5 Å². The molecule has 0 atom stereocenters. The molecule has 0 spiro atoms. The number of piperazine rings is 1. The molecule has 0 aliphatic carbocycles. The summed E-state index contributed by atoms with van der Waals surface area (Å²) in [7, 11) is 1.94. The molecule has 1 saturated heterocycles. The highest BCUT2D eigenvalue weighted by molar-refractivity contribution is 6.35. The van der Waals surface area contributed by atoms with Crippen molar-refractivity contribution in [2.45, 2.75) is 6.54 Å². The fourth-order valence-corrected chi connectivity index (χ4v) is 3.53. The standard InChI is InChI=1S/C17H18ClFN6/c1-23-15-4-2-3-13(18)16(15)14(22-23)11-24-5-7-25(8-6-24)17-20-9-12(19)10-21-17/h2-4,9-10H,5-8,11H2,1H3. The fraction of sp³-hybridized carbons (Fsp3) is 0.353. The SMILES string of the molecule is Cn1nc(CN2CCN(c3ncc(F)cn3)CC2)c2c(Cl)cccc21. The molecule has 3 heterocycles. The fourth-order valence-electron chi connectivity index (χ4n) is 3.25. The zero-order chi connectivity index (χ0) is 17.4. The van der Waals surface area contributed by atoms with Gasteiger partial charge in [-0.15, -0.1) is 0 Å². The van der Waals surface area contributed by atoms with Crippen LogP contribution in [0.3, 0.4) is 0 Å². The van der Waals surface area contributed by atoms with Gasteiger partial charge in [0.25, 0.3) is 0 Å². The topological polar surface area (TPSA) is 50.1 Å². The van der Waals surface area contributed by atoms with Crippen LogP contribution < -0.4 is 4.90 Å². The minimum Gasteiger partial charge on any atom is -0.338 e. The number of aryl methyl sites for hydroxylation is 1. The highest BCUT2D eigenvalue weighted by Crippen LogP contribution is 2.27. The summed E-state index contributed by atoms with van der Waals surface area (Å²) < 4.78 is 14.8. The maximum atomic E-state index is 12.9. The van der Waals surface area contributed by atoms with Crippen LogP contribution in [0, 0.1) is 5.82 Å². The van der Waals surface area contributed by atoms with E-state index in [0.717, 1.165) is 54.3 Å².